The molecule has 0 unspecified atom stereocenters. The van der Waals surface area contributed by atoms with Gasteiger partial charge in [0, 0.05) is 16.0 Å². The van der Waals surface area contributed by atoms with Gasteiger partial charge in [-0.3, -0.25) is 14.9 Å². The highest BCUT2D eigenvalue weighted by atomic mass is 35.5. The highest BCUT2D eigenvalue weighted by Crippen LogP contribution is 2.33. The van der Waals surface area contributed by atoms with Gasteiger partial charge in [0.15, 0.2) is 0 Å². The lowest BCUT2D eigenvalue weighted by Gasteiger charge is -2.13. The van der Waals surface area contributed by atoms with Crippen molar-refractivity contribution in [1.29, 1.82) is 0 Å². The Balaban J connectivity index is 1.86. The number of pyridine rings is 1. The molecule has 1 amide bonds. The molecule has 0 bridgehead atoms. The van der Waals surface area contributed by atoms with Crippen LogP contribution in [-0.2, 0) is 0 Å². The van der Waals surface area contributed by atoms with E-state index in [-0.39, 0.29) is 11.3 Å². The van der Waals surface area contributed by atoms with Crippen LogP contribution in [0.15, 0.2) is 66.7 Å². The Morgan fingerprint density at radius 3 is 2.70 bits per heavy atom. The third-order valence-electron chi connectivity index (χ3n) is 4.88. The molecule has 4 rings (SSSR count). The summed E-state index contributed by atoms with van der Waals surface area (Å²) in [4.78, 5) is 28.5. The summed E-state index contributed by atoms with van der Waals surface area (Å²) in [5.74, 6) is -0.813. The van der Waals surface area contributed by atoms with Crippen LogP contribution in [0.4, 0.5) is 15.8 Å². The average molecular weight is 466 g/mol. The maximum Gasteiger partial charge on any atom is 0.295 e. The molecule has 3 aromatic carbocycles. The molecule has 1 aromatic heterocycles. The lowest BCUT2D eigenvalue weighted by Crippen LogP contribution is -2.14. The summed E-state index contributed by atoms with van der Waals surface area (Å²) < 4.78 is 19.2. The summed E-state index contributed by atoms with van der Waals surface area (Å²) in [6.45, 7) is 2.31. The fourth-order valence-corrected chi connectivity index (χ4v) is 3.61. The molecule has 1 N–H and O–H groups in total. The van der Waals surface area contributed by atoms with Crippen molar-refractivity contribution in [2.45, 2.75) is 6.92 Å². The number of halogens is 2. The van der Waals surface area contributed by atoms with Gasteiger partial charge < -0.3 is 10.1 Å². The van der Waals surface area contributed by atoms with E-state index < -0.39 is 22.3 Å². The number of hydrogen-bond acceptors (Lipinski definition) is 5. The maximum atomic E-state index is 13.5. The van der Waals surface area contributed by atoms with Crippen LogP contribution in [0, 0.1) is 15.9 Å². The van der Waals surface area contributed by atoms with E-state index in [1.54, 1.807) is 30.3 Å². The van der Waals surface area contributed by atoms with Gasteiger partial charge in [0.25, 0.3) is 11.6 Å². The van der Waals surface area contributed by atoms with Gasteiger partial charge in [0.2, 0.25) is 0 Å². The smallest absolute Gasteiger partial charge is 0.295 e. The largest absolute Gasteiger partial charge is 0.493 e. The van der Waals surface area contributed by atoms with Crippen molar-refractivity contribution in [3.8, 4) is 17.0 Å². The van der Waals surface area contributed by atoms with Crippen molar-refractivity contribution in [2.75, 3.05) is 11.9 Å². The molecule has 166 valence electrons. The fourth-order valence-electron chi connectivity index (χ4n) is 3.43. The first-order valence-electron chi connectivity index (χ1n) is 9.95. The number of nitro benzene ring substituents is 1. The number of benzene rings is 3. The van der Waals surface area contributed by atoms with E-state index in [1.807, 2.05) is 25.1 Å². The lowest BCUT2D eigenvalue weighted by molar-refractivity contribution is -0.384. The predicted molar refractivity (Wildman–Crippen MR) is 124 cm³/mol. The van der Waals surface area contributed by atoms with E-state index in [0.717, 1.165) is 18.2 Å². The molecule has 0 fully saturated rings. The number of carbonyl (C=O) groups is 1. The Bertz CT molecular complexity index is 1390. The molecule has 0 radical (unpaired) electrons. The molecular formula is C24H17ClFN3O4. The van der Waals surface area contributed by atoms with Gasteiger partial charge in [0.05, 0.1) is 34.4 Å². The van der Waals surface area contributed by atoms with Gasteiger partial charge in [-0.15, -0.1) is 0 Å². The molecule has 0 aliphatic heterocycles. The minimum Gasteiger partial charge on any atom is -0.493 e. The molecule has 1 heterocycles. The number of aromatic nitrogens is 1. The molecule has 33 heavy (non-hydrogen) atoms. The number of nitrogens with zero attached hydrogens (tertiary/aromatic N) is 2. The van der Waals surface area contributed by atoms with Gasteiger partial charge in [-0.25, -0.2) is 9.37 Å². The summed E-state index contributed by atoms with van der Waals surface area (Å²) in [6, 6.07) is 16.7. The van der Waals surface area contributed by atoms with Gasteiger partial charge in [-0.2, -0.15) is 0 Å². The van der Waals surface area contributed by atoms with Gasteiger partial charge in [0.1, 0.15) is 17.3 Å². The summed E-state index contributed by atoms with van der Waals surface area (Å²) >= 11 is 6.15. The molecule has 9 heteroatoms. The Labute approximate surface area is 192 Å². The second-order valence-corrected chi connectivity index (χ2v) is 7.45. The summed E-state index contributed by atoms with van der Waals surface area (Å²) in [5.41, 5.74) is 1.17. The van der Waals surface area contributed by atoms with E-state index in [1.165, 1.54) is 0 Å². The van der Waals surface area contributed by atoms with Crippen LogP contribution in [-0.4, -0.2) is 22.4 Å². The van der Waals surface area contributed by atoms with Crippen LogP contribution in [0.5, 0.6) is 5.75 Å². The first-order valence-corrected chi connectivity index (χ1v) is 10.3. The number of nitro groups is 1. The quantitative estimate of drug-likeness (QED) is 0.268. The zero-order chi connectivity index (χ0) is 23.5. The van der Waals surface area contributed by atoms with Crippen molar-refractivity contribution < 1.29 is 18.8 Å². The Kier molecular flexibility index (Phi) is 6.19. The molecule has 0 atom stereocenters. The Morgan fingerprint density at radius 1 is 1.15 bits per heavy atom. The van der Waals surface area contributed by atoms with Crippen LogP contribution >= 0.6 is 11.6 Å². The SMILES string of the molecule is CCOc1ccccc1-c1cc(C(=O)Nc2ccc(F)cc2[N+](=O)[O-])c2cc(Cl)ccc2n1. The third-order valence-corrected chi connectivity index (χ3v) is 5.12. The zero-order valence-corrected chi connectivity index (χ0v) is 18.1. The summed E-state index contributed by atoms with van der Waals surface area (Å²) in [5, 5.41) is 14.7. The maximum absolute atomic E-state index is 13.5. The first-order chi connectivity index (χ1) is 15.9. The molecule has 0 saturated heterocycles. The van der Waals surface area contributed by atoms with Crippen molar-refractivity contribution in [1.82, 2.24) is 4.98 Å². The monoisotopic (exact) mass is 465 g/mol. The minimum atomic E-state index is -0.782. The topological polar surface area (TPSA) is 94.4 Å². The average Bonchev–Trinajstić information content (AvgIpc) is 2.80. The van der Waals surface area contributed by atoms with Crippen molar-refractivity contribution in [2.24, 2.45) is 0 Å². The number of hydrogen-bond donors (Lipinski definition) is 1. The van der Waals surface area contributed by atoms with E-state index in [2.05, 4.69) is 10.3 Å². The summed E-state index contributed by atoms with van der Waals surface area (Å²) in [6.07, 6.45) is 0. The summed E-state index contributed by atoms with van der Waals surface area (Å²) in [7, 11) is 0. The first kappa shape index (κ1) is 22.2. The standard InChI is InChI=1S/C24H17ClFN3O4/c1-2-33-23-6-4-3-5-16(23)21-13-18(17-11-14(25)7-9-19(17)27-21)24(30)28-20-10-8-15(26)12-22(20)29(31)32/h3-13H,2H2,1H3,(H,28,30). The molecule has 7 nitrogen and oxygen atoms in total. The van der Waals surface area contributed by atoms with Gasteiger partial charge >= 0.3 is 0 Å². The number of carbonyl (C=O) groups excluding carboxylic acids is 1. The number of rotatable bonds is 6. The van der Waals surface area contributed by atoms with Crippen molar-refractivity contribution in [3.63, 3.8) is 0 Å². The van der Waals surface area contributed by atoms with Gasteiger partial charge in [-0.05, 0) is 55.5 Å². The lowest BCUT2D eigenvalue weighted by atomic mass is 10.0. The molecule has 4 aromatic rings. The second-order valence-electron chi connectivity index (χ2n) is 7.02. The highest BCUT2D eigenvalue weighted by molar-refractivity contribution is 6.31. The number of fused-ring (bicyclic) bond motifs is 1. The number of anilines is 1. The van der Waals surface area contributed by atoms with Crippen molar-refractivity contribution >= 4 is 39.8 Å². The molecule has 0 saturated carbocycles. The van der Waals surface area contributed by atoms with Crippen LogP contribution in [0.3, 0.4) is 0 Å². The number of amides is 1. The van der Waals surface area contributed by atoms with Crippen LogP contribution in [0.2, 0.25) is 5.02 Å². The molecule has 0 aliphatic carbocycles. The van der Waals surface area contributed by atoms with Crippen LogP contribution in [0.25, 0.3) is 22.2 Å². The number of para-hydroxylation sites is 1. The predicted octanol–water partition coefficient (Wildman–Crippen LogP) is 6.25. The van der Waals surface area contributed by atoms with Gasteiger partial charge in [-0.1, -0.05) is 23.7 Å². The van der Waals surface area contributed by atoms with E-state index in [0.29, 0.717) is 39.5 Å². The van der Waals surface area contributed by atoms with Crippen molar-refractivity contribution in [3.05, 3.63) is 93.2 Å². The fraction of sp³-hybridized carbons (Fsp3) is 0.0833. The normalized spacial score (nSPS) is 10.8. The highest BCUT2D eigenvalue weighted by Gasteiger charge is 2.21. The van der Waals surface area contributed by atoms with E-state index in [4.69, 9.17) is 16.3 Å². The Morgan fingerprint density at radius 2 is 1.94 bits per heavy atom. The van der Waals surface area contributed by atoms with E-state index in [9.17, 15) is 19.3 Å². The van der Waals surface area contributed by atoms with Crippen LogP contribution < -0.4 is 10.1 Å². The molecule has 0 spiro atoms. The number of nitrogens with one attached hydrogen (secondary N) is 1. The second kappa shape index (κ2) is 9.22. The van der Waals surface area contributed by atoms with Crippen LogP contribution in [0.1, 0.15) is 17.3 Å². The minimum absolute atomic E-state index is 0.130. The molecular weight excluding hydrogens is 449 g/mol. The zero-order valence-electron chi connectivity index (χ0n) is 17.3. The molecule has 0 aliphatic rings. The Hall–Kier alpha value is -4.04. The third kappa shape index (κ3) is 4.61. The number of ether oxygens (including phenoxy) is 1. The van der Waals surface area contributed by atoms with E-state index >= 15 is 0 Å².